The molecule has 4 aromatic rings. The zero-order valence-corrected chi connectivity index (χ0v) is 27.1. The lowest BCUT2D eigenvalue weighted by Gasteiger charge is -2.34. The summed E-state index contributed by atoms with van der Waals surface area (Å²) in [4.78, 5) is 29.4. The van der Waals surface area contributed by atoms with Crippen molar-refractivity contribution in [3.63, 3.8) is 0 Å². The Kier molecular flexibility index (Phi) is 11.7. The van der Waals surface area contributed by atoms with E-state index in [0.29, 0.717) is 33.6 Å². The minimum absolute atomic E-state index is 0.0147. The minimum atomic E-state index is -4.27. The van der Waals surface area contributed by atoms with E-state index in [1.165, 1.54) is 35.2 Å². The number of carbonyl (C=O) groups excluding carboxylic acids is 2. The predicted molar refractivity (Wildman–Crippen MR) is 177 cm³/mol. The lowest BCUT2D eigenvalue weighted by molar-refractivity contribution is -0.140. The molecule has 0 saturated carbocycles. The van der Waals surface area contributed by atoms with Gasteiger partial charge in [0.25, 0.3) is 10.0 Å². The number of hydrogen-bond donors (Lipinski definition) is 1. The maximum atomic E-state index is 14.4. The lowest BCUT2D eigenvalue weighted by atomic mass is 10.0. The molecule has 0 radical (unpaired) electrons. The number of anilines is 1. The Morgan fingerprint density at radius 1 is 0.773 bits per heavy atom. The predicted octanol–water partition coefficient (Wildman–Crippen LogP) is 7.01. The van der Waals surface area contributed by atoms with Crippen molar-refractivity contribution in [2.24, 2.45) is 0 Å². The third-order valence-corrected chi connectivity index (χ3v) is 9.35. The van der Waals surface area contributed by atoms with Crippen LogP contribution in [0.2, 0.25) is 15.1 Å². The fourth-order valence-electron chi connectivity index (χ4n) is 4.65. The van der Waals surface area contributed by atoms with Crippen LogP contribution in [-0.2, 0) is 32.6 Å². The maximum Gasteiger partial charge on any atom is 0.264 e. The minimum Gasteiger partial charge on any atom is -0.354 e. The standard InChI is InChI=1S/C33H32Cl3N3O4S/c1-2-18-37-33(41)31(20-24-8-4-3-5-9-24)38(22-25-10-6-11-27(35)19-25)32(40)23-39(29-13-7-12-28(36)21-29)44(42,43)30-16-14-26(34)15-17-30/h3-17,19,21,31H,2,18,20,22-23H2,1H3,(H,37,41)/t31-/m0/s1. The molecule has 0 aromatic heterocycles. The Morgan fingerprint density at radius 2 is 1.41 bits per heavy atom. The Hall–Kier alpha value is -3.56. The summed E-state index contributed by atoms with van der Waals surface area (Å²) >= 11 is 18.6. The highest BCUT2D eigenvalue weighted by Crippen LogP contribution is 2.28. The average molecular weight is 673 g/mol. The maximum absolute atomic E-state index is 14.4. The molecule has 4 rings (SSSR count). The van der Waals surface area contributed by atoms with Gasteiger partial charge in [0.2, 0.25) is 11.8 Å². The van der Waals surface area contributed by atoms with Crippen LogP contribution >= 0.6 is 34.8 Å². The highest BCUT2D eigenvalue weighted by atomic mass is 35.5. The van der Waals surface area contributed by atoms with E-state index >= 15 is 0 Å². The molecule has 0 heterocycles. The second kappa shape index (κ2) is 15.4. The number of nitrogens with zero attached hydrogens (tertiary/aromatic N) is 2. The smallest absolute Gasteiger partial charge is 0.264 e. The highest BCUT2D eigenvalue weighted by molar-refractivity contribution is 7.92. The van der Waals surface area contributed by atoms with Crippen molar-refractivity contribution in [1.29, 1.82) is 0 Å². The Balaban J connectivity index is 1.80. The summed E-state index contributed by atoms with van der Waals surface area (Å²) in [5.41, 5.74) is 1.72. The first-order chi connectivity index (χ1) is 21.1. The van der Waals surface area contributed by atoms with Crippen molar-refractivity contribution >= 4 is 62.3 Å². The number of carbonyl (C=O) groups is 2. The van der Waals surface area contributed by atoms with E-state index in [2.05, 4.69) is 5.32 Å². The van der Waals surface area contributed by atoms with E-state index in [9.17, 15) is 18.0 Å². The molecule has 7 nitrogen and oxygen atoms in total. The highest BCUT2D eigenvalue weighted by Gasteiger charge is 2.34. The van der Waals surface area contributed by atoms with Crippen LogP contribution in [0, 0.1) is 0 Å². The first-order valence-corrected chi connectivity index (χ1v) is 16.6. The van der Waals surface area contributed by atoms with Gasteiger partial charge in [0, 0.05) is 34.6 Å². The number of amides is 2. The van der Waals surface area contributed by atoms with Gasteiger partial charge in [-0.25, -0.2) is 8.42 Å². The van der Waals surface area contributed by atoms with Gasteiger partial charge in [-0.05, 0) is 72.1 Å². The summed E-state index contributed by atoms with van der Waals surface area (Å²) < 4.78 is 29.0. The van der Waals surface area contributed by atoms with E-state index in [0.717, 1.165) is 9.87 Å². The lowest BCUT2D eigenvalue weighted by Crippen LogP contribution is -2.53. The molecule has 0 aliphatic heterocycles. The number of benzene rings is 4. The van der Waals surface area contributed by atoms with Gasteiger partial charge in [-0.2, -0.15) is 0 Å². The van der Waals surface area contributed by atoms with Gasteiger partial charge in [0.15, 0.2) is 0 Å². The van der Waals surface area contributed by atoms with Gasteiger partial charge in [-0.3, -0.25) is 13.9 Å². The van der Waals surface area contributed by atoms with Crippen LogP contribution in [0.25, 0.3) is 0 Å². The molecule has 0 saturated heterocycles. The number of nitrogens with one attached hydrogen (secondary N) is 1. The summed E-state index contributed by atoms with van der Waals surface area (Å²) in [5.74, 6) is -0.934. The van der Waals surface area contributed by atoms with Gasteiger partial charge in [-0.1, -0.05) is 90.3 Å². The quantitative estimate of drug-likeness (QED) is 0.166. The van der Waals surface area contributed by atoms with Crippen molar-refractivity contribution in [3.8, 4) is 0 Å². The molecule has 0 spiro atoms. The van der Waals surface area contributed by atoms with E-state index in [-0.39, 0.29) is 29.5 Å². The molecule has 2 amide bonds. The topological polar surface area (TPSA) is 86.8 Å². The van der Waals surface area contributed by atoms with Crippen molar-refractivity contribution in [3.05, 3.63) is 129 Å². The molecule has 1 atom stereocenters. The Morgan fingerprint density at radius 3 is 2.05 bits per heavy atom. The molecular weight excluding hydrogens is 641 g/mol. The fraction of sp³-hybridized carbons (Fsp3) is 0.212. The Bertz CT molecular complexity index is 1690. The SMILES string of the molecule is CCCNC(=O)[C@H](Cc1ccccc1)N(Cc1cccc(Cl)c1)C(=O)CN(c1cccc(Cl)c1)S(=O)(=O)c1ccc(Cl)cc1. The fourth-order valence-corrected chi connectivity index (χ4v) is 6.58. The van der Waals surface area contributed by atoms with Gasteiger partial charge in [-0.15, -0.1) is 0 Å². The van der Waals surface area contributed by atoms with Gasteiger partial charge in [0.05, 0.1) is 10.6 Å². The summed E-state index contributed by atoms with van der Waals surface area (Å²) in [6.07, 6.45) is 0.914. The van der Waals surface area contributed by atoms with Crippen LogP contribution in [0.1, 0.15) is 24.5 Å². The summed E-state index contributed by atoms with van der Waals surface area (Å²) in [6.45, 7) is 1.77. The zero-order chi connectivity index (χ0) is 31.7. The molecule has 0 unspecified atom stereocenters. The normalized spacial score (nSPS) is 11.9. The summed E-state index contributed by atoms with van der Waals surface area (Å²) in [6, 6.07) is 27.3. The third kappa shape index (κ3) is 8.76. The summed E-state index contributed by atoms with van der Waals surface area (Å²) in [5, 5.41) is 4.05. The van der Waals surface area contributed by atoms with Crippen molar-refractivity contribution in [2.45, 2.75) is 37.2 Å². The number of hydrogen-bond acceptors (Lipinski definition) is 4. The first-order valence-electron chi connectivity index (χ1n) is 14.0. The largest absolute Gasteiger partial charge is 0.354 e. The van der Waals surface area contributed by atoms with Crippen molar-refractivity contribution in [2.75, 3.05) is 17.4 Å². The van der Waals surface area contributed by atoms with Crippen LogP contribution in [0.5, 0.6) is 0 Å². The molecule has 44 heavy (non-hydrogen) atoms. The zero-order valence-electron chi connectivity index (χ0n) is 24.0. The van der Waals surface area contributed by atoms with Gasteiger partial charge < -0.3 is 10.2 Å². The van der Waals surface area contributed by atoms with Crippen LogP contribution in [0.15, 0.2) is 108 Å². The monoisotopic (exact) mass is 671 g/mol. The van der Waals surface area contributed by atoms with Gasteiger partial charge >= 0.3 is 0 Å². The van der Waals surface area contributed by atoms with E-state index in [1.807, 2.05) is 37.3 Å². The molecule has 230 valence electrons. The van der Waals surface area contributed by atoms with Crippen LogP contribution in [0.3, 0.4) is 0 Å². The molecular formula is C33H32Cl3N3O4S. The number of rotatable bonds is 13. The van der Waals surface area contributed by atoms with Crippen LogP contribution in [0.4, 0.5) is 5.69 Å². The molecule has 4 aromatic carbocycles. The summed E-state index contributed by atoms with van der Waals surface area (Å²) in [7, 11) is -4.27. The van der Waals surface area contributed by atoms with Crippen LogP contribution < -0.4 is 9.62 Å². The van der Waals surface area contributed by atoms with E-state index in [4.69, 9.17) is 34.8 Å². The molecule has 11 heteroatoms. The van der Waals surface area contributed by atoms with E-state index in [1.54, 1.807) is 42.5 Å². The molecule has 0 fully saturated rings. The van der Waals surface area contributed by atoms with E-state index < -0.39 is 28.5 Å². The molecule has 0 bridgehead atoms. The number of halogens is 3. The second-order valence-electron chi connectivity index (χ2n) is 10.1. The van der Waals surface area contributed by atoms with Crippen LogP contribution in [-0.4, -0.2) is 44.3 Å². The van der Waals surface area contributed by atoms with Crippen molar-refractivity contribution in [1.82, 2.24) is 10.2 Å². The molecule has 1 N–H and O–H groups in total. The molecule has 0 aliphatic carbocycles. The second-order valence-corrected chi connectivity index (χ2v) is 13.3. The molecule has 0 aliphatic rings. The third-order valence-electron chi connectivity index (χ3n) is 6.84. The average Bonchev–Trinajstić information content (AvgIpc) is 3.01. The van der Waals surface area contributed by atoms with Gasteiger partial charge in [0.1, 0.15) is 12.6 Å². The first kappa shape index (κ1) is 33.3. The number of sulfonamides is 1. The van der Waals surface area contributed by atoms with Crippen molar-refractivity contribution < 1.29 is 18.0 Å². The Labute approximate surface area is 273 Å².